The van der Waals surface area contributed by atoms with Crippen LogP contribution < -0.4 is 8.71 Å². The second-order valence-corrected chi connectivity index (χ2v) is 7.57. The SMILES string of the molecule is CCOP(O)(=S)Oc1ccc(OS(C)(=O)=O)cc1. The highest BCUT2D eigenvalue weighted by Gasteiger charge is 2.15. The summed E-state index contributed by atoms with van der Waals surface area (Å²) in [6, 6.07) is 5.63. The van der Waals surface area contributed by atoms with E-state index in [1.807, 2.05) is 0 Å². The molecule has 0 heterocycles. The van der Waals surface area contributed by atoms with Crippen molar-refractivity contribution in [3.63, 3.8) is 0 Å². The average molecular weight is 312 g/mol. The molecule has 0 amide bonds. The molecule has 0 aliphatic carbocycles. The van der Waals surface area contributed by atoms with Crippen LogP contribution in [0.3, 0.4) is 0 Å². The minimum atomic E-state index is -3.56. The zero-order valence-corrected chi connectivity index (χ0v) is 12.3. The van der Waals surface area contributed by atoms with Gasteiger partial charge in [-0.15, -0.1) is 0 Å². The Bertz CT molecular complexity index is 539. The Kier molecular flexibility index (Phi) is 5.12. The minimum Gasteiger partial charge on any atom is -0.424 e. The van der Waals surface area contributed by atoms with Crippen LogP contribution >= 0.6 is 6.72 Å². The second kappa shape index (κ2) is 5.99. The van der Waals surface area contributed by atoms with E-state index in [0.717, 1.165) is 6.26 Å². The van der Waals surface area contributed by atoms with Crippen molar-refractivity contribution in [1.82, 2.24) is 0 Å². The molecule has 1 rings (SSSR count). The van der Waals surface area contributed by atoms with Gasteiger partial charge in [0.2, 0.25) is 0 Å². The first-order chi connectivity index (χ1) is 8.22. The first kappa shape index (κ1) is 15.4. The molecule has 1 atom stereocenters. The lowest BCUT2D eigenvalue weighted by atomic mass is 10.3. The van der Waals surface area contributed by atoms with Gasteiger partial charge < -0.3 is 13.6 Å². The summed E-state index contributed by atoms with van der Waals surface area (Å²) in [7, 11) is -3.56. The molecule has 102 valence electrons. The second-order valence-electron chi connectivity index (χ2n) is 3.24. The molecule has 0 bridgehead atoms. The fourth-order valence-corrected chi connectivity index (χ4v) is 2.86. The molecule has 1 aromatic carbocycles. The van der Waals surface area contributed by atoms with Gasteiger partial charge in [0, 0.05) is 11.8 Å². The molecule has 0 aliphatic rings. The van der Waals surface area contributed by atoms with Gasteiger partial charge in [-0.1, -0.05) is 0 Å². The smallest absolute Gasteiger partial charge is 0.377 e. The van der Waals surface area contributed by atoms with Crippen LogP contribution in [-0.2, 0) is 26.4 Å². The number of hydrogen-bond donors (Lipinski definition) is 1. The first-order valence-electron chi connectivity index (χ1n) is 4.88. The third-order valence-electron chi connectivity index (χ3n) is 1.58. The summed E-state index contributed by atoms with van der Waals surface area (Å²) < 4.78 is 36.3. The van der Waals surface area contributed by atoms with E-state index in [1.165, 1.54) is 24.3 Å². The lowest BCUT2D eigenvalue weighted by Crippen LogP contribution is -2.05. The summed E-state index contributed by atoms with van der Waals surface area (Å²) in [5.41, 5.74) is 0. The molecular formula is C9H13O6PS2. The molecule has 18 heavy (non-hydrogen) atoms. The van der Waals surface area contributed by atoms with Crippen molar-refractivity contribution in [2.24, 2.45) is 0 Å². The van der Waals surface area contributed by atoms with Crippen LogP contribution in [0.15, 0.2) is 24.3 Å². The molecule has 1 N–H and O–H groups in total. The number of rotatable bonds is 6. The molecule has 1 aromatic rings. The van der Waals surface area contributed by atoms with Crippen LogP contribution in [0.5, 0.6) is 11.5 Å². The Labute approximate surface area is 111 Å². The van der Waals surface area contributed by atoms with Crippen LogP contribution in [0.2, 0.25) is 0 Å². The molecular weight excluding hydrogens is 299 g/mol. The van der Waals surface area contributed by atoms with Gasteiger partial charge in [-0.2, -0.15) is 8.42 Å². The summed E-state index contributed by atoms with van der Waals surface area (Å²) >= 11 is 4.74. The monoisotopic (exact) mass is 312 g/mol. The largest absolute Gasteiger partial charge is 0.424 e. The van der Waals surface area contributed by atoms with Gasteiger partial charge in [0.1, 0.15) is 11.5 Å². The van der Waals surface area contributed by atoms with Crippen LogP contribution in [0, 0.1) is 0 Å². The molecule has 0 aromatic heterocycles. The van der Waals surface area contributed by atoms with Gasteiger partial charge >= 0.3 is 16.8 Å². The Morgan fingerprint density at radius 2 is 1.78 bits per heavy atom. The molecule has 0 spiro atoms. The van der Waals surface area contributed by atoms with Gasteiger partial charge in [-0.05, 0) is 31.2 Å². The fraction of sp³-hybridized carbons (Fsp3) is 0.333. The maximum absolute atomic E-state index is 10.9. The summed E-state index contributed by atoms with van der Waals surface area (Å²) in [6.07, 6.45) is 0.944. The maximum atomic E-state index is 10.9. The van der Waals surface area contributed by atoms with Crippen LogP contribution in [0.25, 0.3) is 0 Å². The highest BCUT2D eigenvalue weighted by molar-refractivity contribution is 8.07. The fourth-order valence-electron chi connectivity index (χ4n) is 1.05. The topological polar surface area (TPSA) is 82.1 Å². The normalized spacial score (nSPS) is 14.8. The van der Waals surface area contributed by atoms with E-state index in [-0.39, 0.29) is 18.1 Å². The lowest BCUT2D eigenvalue weighted by Gasteiger charge is -2.15. The van der Waals surface area contributed by atoms with E-state index in [0.29, 0.717) is 0 Å². The third-order valence-corrected chi connectivity index (χ3v) is 3.65. The molecule has 0 aliphatic heterocycles. The maximum Gasteiger partial charge on any atom is 0.377 e. The van der Waals surface area contributed by atoms with Gasteiger partial charge in [-0.25, -0.2) is 0 Å². The summed E-state index contributed by atoms with van der Waals surface area (Å²) in [6.45, 7) is -1.37. The Morgan fingerprint density at radius 3 is 2.22 bits per heavy atom. The van der Waals surface area contributed by atoms with E-state index in [4.69, 9.17) is 20.9 Å². The van der Waals surface area contributed by atoms with Crippen molar-refractivity contribution in [3.05, 3.63) is 24.3 Å². The Hall–Kier alpha value is -0.660. The highest BCUT2D eigenvalue weighted by atomic mass is 32.5. The highest BCUT2D eigenvalue weighted by Crippen LogP contribution is 2.44. The molecule has 0 saturated heterocycles. The summed E-state index contributed by atoms with van der Waals surface area (Å²) in [5.74, 6) is 0.419. The predicted molar refractivity (Wildman–Crippen MR) is 70.7 cm³/mol. The van der Waals surface area contributed by atoms with Gasteiger partial charge in [0.05, 0.1) is 12.9 Å². The average Bonchev–Trinajstić information content (AvgIpc) is 2.18. The van der Waals surface area contributed by atoms with E-state index in [1.54, 1.807) is 6.92 Å². The van der Waals surface area contributed by atoms with Crippen molar-refractivity contribution in [2.45, 2.75) is 6.92 Å². The summed E-state index contributed by atoms with van der Waals surface area (Å²) in [5, 5.41) is 0. The Morgan fingerprint density at radius 1 is 1.28 bits per heavy atom. The molecule has 0 fully saturated rings. The van der Waals surface area contributed by atoms with Crippen molar-refractivity contribution >= 4 is 28.6 Å². The number of hydrogen-bond acceptors (Lipinski definition) is 6. The quantitative estimate of drug-likeness (QED) is 0.632. The summed E-state index contributed by atoms with van der Waals surface area (Å²) in [4.78, 5) is 9.58. The predicted octanol–water partition coefficient (Wildman–Crippen LogP) is 1.66. The standard InChI is InChI=1S/C9H13O6PS2/c1-3-13-16(10,17)14-8-4-6-9(7-5-8)15-18(2,11)12/h4-7H,3H2,1-2H3,(H,10,17). The zero-order valence-electron chi connectivity index (χ0n) is 9.77. The molecule has 0 saturated carbocycles. The van der Waals surface area contributed by atoms with Crippen LogP contribution in [0.1, 0.15) is 6.92 Å². The molecule has 0 radical (unpaired) electrons. The lowest BCUT2D eigenvalue weighted by molar-refractivity contribution is 0.271. The van der Waals surface area contributed by atoms with Gasteiger partial charge in [0.25, 0.3) is 0 Å². The number of benzene rings is 1. The van der Waals surface area contributed by atoms with Crippen molar-refractivity contribution in [3.8, 4) is 11.5 Å². The van der Waals surface area contributed by atoms with Crippen LogP contribution in [-0.4, -0.2) is 26.2 Å². The zero-order chi connectivity index (χ0) is 13.8. The van der Waals surface area contributed by atoms with E-state index in [9.17, 15) is 13.3 Å². The first-order valence-corrected chi connectivity index (χ1v) is 9.29. The van der Waals surface area contributed by atoms with Crippen molar-refractivity contribution < 1.29 is 26.5 Å². The Balaban J connectivity index is 2.75. The van der Waals surface area contributed by atoms with Crippen molar-refractivity contribution in [2.75, 3.05) is 12.9 Å². The van der Waals surface area contributed by atoms with E-state index in [2.05, 4.69) is 4.18 Å². The van der Waals surface area contributed by atoms with Crippen LogP contribution in [0.4, 0.5) is 0 Å². The van der Waals surface area contributed by atoms with E-state index >= 15 is 0 Å². The van der Waals surface area contributed by atoms with Gasteiger partial charge in [0.15, 0.2) is 0 Å². The molecule has 9 heteroatoms. The minimum absolute atomic E-state index is 0.146. The van der Waals surface area contributed by atoms with Gasteiger partial charge in [-0.3, -0.25) is 4.52 Å². The third kappa shape index (κ3) is 5.79. The molecule has 1 unspecified atom stereocenters. The van der Waals surface area contributed by atoms with E-state index < -0.39 is 16.8 Å². The van der Waals surface area contributed by atoms with Crippen molar-refractivity contribution in [1.29, 1.82) is 0 Å². The molecule has 6 nitrogen and oxygen atoms in total.